The molecule has 3 unspecified atom stereocenters. The average molecular weight is 260 g/mol. The second kappa shape index (κ2) is 6.53. The van der Waals surface area contributed by atoms with Crippen LogP contribution in [0.2, 0.25) is 0 Å². The van der Waals surface area contributed by atoms with Gasteiger partial charge in [0.2, 0.25) is 0 Å². The maximum atomic E-state index is 3.61. The quantitative estimate of drug-likeness (QED) is 0.895. The molecule has 1 aromatic carbocycles. The Balaban J connectivity index is 2.02. The van der Waals surface area contributed by atoms with Crippen molar-refractivity contribution in [3.05, 3.63) is 35.9 Å². The standard InChI is InChI=1S/C17H28N2/c1-13(2)17-10-18-15(4)12-19(17)11-14(3)16-8-6-5-7-9-16/h5-9,13-15,17-18H,10-12H2,1-4H3. The Morgan fingerprint density at radius 1 is 1.21 bits per heavy atom. The van der Waals surface area contributed by atoms with Crippen LogP contribution in [0.15, 0.2) is 30.3 Å². The minimum atomic E-state index is 0.604. The summed E-state index contributed by atoms with van der Waals surface area (Å²) in [5, 5.41) is 3.61. The predicted octanol–water partition coefficient (Wildman–Crippen LogP) is 3.11. The minimum Gasteiger partial charge on any atom is -0.311 e. The van der Waals surface area contributed by atoms with Crippen LogP contribution in [0.25, 0.3) is 0 Å². The lowest BCUT2D eigenvalue weighted by molar-refractivity contribution is 0.0976. The van der Waals surface area contributed by atoms with Crippen molar-refractivity contribution in [3.8, 4) is 0 Å². The van der Waals surface area contributed by atoms with Crippen LogP contribution in [0, 0.1) is 5.92 Å². The van der Waals surface area contributed by atoms with E-state index in [0.29, 0.717) is 23.9 Å². The minimum absolute atomic E-state index is 0.604. The van der Waals surface area contributed by atoms with Crippen molar-refractivity contribution in [3.63, 3.8) is 0 Å². The number of nitrogens with one attached hydrogen (secondary N) is 1. The van der Waals surface area contributed by atoms with Gasteiger partial charge in [-0.25, -0.2) is 0 Å². The highest BCUT2D eigenvalue weighted by molar-refractivity contribution is 5.19. The molecule has 0 aromatic heterocycles. The Morgan fingerprint density at radius 3 is 2.53 bits per heavy atom. The van der Waals surface area contributed by atoms with Gasteiger partial charge in [0, 0.05) is 31.7 Å². The fourth-order valence-electron chi connectivity index (χ4n) is 3.11. The number of benzene rings is 1. The molecule has 0 spiro atoms. The summed E-state index contributed by atoms with van der Waals surface area (Å²) >= 11 is 0. The van der Waals surface area contributed by atoms with Crippen molar-refractivity contribution in [2.45, 2.75) is 45.7 Å². The van der Waals surface area contributed by atoms with Crippen LogP contribution >= 0.6 is 0 Å². The molecule has 0 aliphatic carbocycles. The number of hydrogen-bond acceptors (Lipinski definition) is 2. The molecule has 106 valence electrons. The largest absolute Gasteiger partial charge is 0.311 e. The maximum Gasteiger partial charge on any atom is 0.0244 e. The van der Waals surface area contributed by atoms with Gasteiger partial charge in [-0.15, -0.1) is 0 Å². The van der Waals surface area contributed by atoms with Gasteiger partial charge in [-0.05, 0) is 24.3 Å². The molecular formula is C17H28N2. The van der Waals surface area contributed by atoms with Gasteiger partial charge < -0.3 is 5.32 Å². The van der Waals surface area contributed by atoms with Crippen LogP contribution in [0.4, 0.5) is 0 Å². The molecule has 1 heterocycles. The Hall–Kier alpha value is -0.860. The van der Waals surface area contributed by atoms with Gasteiger partial charge in [0.05, 0.1) is 0 Å². The van der Waals surface area contributed by atoms with Crippen molar-refractivity contribution in [1.29, 1.82) is 0 Å². The number of rotatable bonds is 4. The molecule has 1 N–H and O–H groups in total. The highest BCUT2D eigenvalue weighted by atomic mass is 15.2. The topological polar surface area (TPSA) is 15.3 Å². The Morgan fingerprint density at radius 2 is 1.89 bits per heavy atom. The molecule has 3 atom stereocenters. The number of nitrogens with zero attached hydrogens (tertiary/aromatic N) is 1. The van der Waals surface area contributed by atoms with Gasteiger partial charge in [-0.2, -0.15) is 0 Å². The molecule has 1 aliphatic rings. The van der Waals surface area contributed by atoms with Crippen LogP contribution in [0.3, 0.4) is 0 Å². The van der Waals surface area contributed by atoms with Gasteiger partial charge in [0.25, 0.3) is 0 Å². The molecule has 1 aromatic rings. The summed E-state index contributed by atoms with van der Waals surface area (Å²) in [7, 11) is 0. The Bertz CT molecular complexity index is 374. The average Bonchev–Trinajstić information content (AvgIpc) is 2.39. The van der Waals surface area contributed by atoms with Gasteiger partial charge in [-0.1, -0.05) is 51.1 Å². The SMILES string of the molecule is CC1CN(CC(C)c2ccccc2)C(C(C)C)CN1. The van der Waals surface area contributed by atoms with E-state index in [-0.39, 0.29) is 0 Å². The highest BCUT2D eigenvalue weighted by Crippen LogP contribution is 2.21. The monoisotopic (exact) mass is 260 g/mol. The van der Waals surface area contributed by atoms with Crippen molar-refractivity contribution < 1.29 is 0 Å². The van der Waals surface area contributed by atoms with Crippen molar-refractivity contribution in [2.24, 2.45) is 5.92 Å². The summed E-state index contributed by atoms with van der Waals surface area (Å²) in [4.78, 5) is 2.68. The van der Waals surface area contributed by atoms with Gasteiger partial charge in [-0.3, -0.25) is 4.90 Å². The maximum absolute atomic E-state index is 3.61. The third-order valence-electron chi connectivity index (χ3n) is 4.30. The van der Waals surface area contributed by atoms with Crippen molar-refractivity contribution in [1.82, 2.24) is 10.2 Å². The van der Waals surface area contributed by atoms with Crippen LogP contribution in [-0.4, -0.2) is 36.6 Å². The molecule has 0 saturated carbocycles. The Kier molecular flexibility index (Phi) is 5.00. The first-order valence-corrected chi connectivity index (χ1v) is 7.60. The smallest absolute Gasteiger partial charge is 0.0244 e. The second-order valence-electron chi connectivity index (χ2n) is 6.39. The van der Waals surface area contributed by atoms with Gasteiger partial charge >= 0.3 is 0 Å². The third kappa shape index (κ3) is 3.80. The fourth-order valence-corrected chi connectivity index (χ4v) is 3.11. The molecule has 2 heteroatoms. The fraction of sp³-hybridized carbons (Fsp3) is 0.647. The first kappa shape index (κ1) is 14.5. The zero-order valence-corrected chi connectivity index (χ0v) is 12.8. The molecular weight excluding hydrogens is 232 g/mol. The lowest BCUT2D eigenvalue weighted by Crippen LogP contribution is -2.57. The lowest BCUT2D eigenvalue weighted by atomic mass is 9.95. The number of hydrogen-bond donors (Lipinski definition) is 1. The summed E-state index contributed by atoms with van der Waals surface area (Å²) in [6.45, 7) is 12.8. The van der Waals surface area contributed by atoms with E-state index in [2.05, 4.69) is 68.2 Å². The first-order valence-electron chi connectivity index (χ1n) is 7.60. The van der Waals surface area contributed by atoms with Crippen LogP contribution in [0.5, 0.6) is 0 Å². The van der Waals surface area contributed by atoms with E-state index in [9.17, 15) is 0 Å². The summed E-state index contributed by atoms with van der Waals surface area (Å²) in [6, 6.07) is 12.2. The molecule has 1 fully saturated rings. The van der Waals surface area contributed by atoms with Crippen molar-refractivity contribution >= 4 is 0 Å². The normalized spacial score (nSPS) is 26.6. The van der Waals surface area contributed by atoms with E-state index in [1.54, 1.807) is 0 Å². The van der Waals surface area contributed by atoms with E-state index in [0.717, 1.165) is 6.54 Å². The predicted molar refractivity (Wildman–Crippen MR) is 82.5 cm³/mol. The molecule has 1 saturated heterocycles. The molecule has 1 aliphatic heterocycles. The van der Waals surface area contributed by atoms with E-state index in [4.69, 9.17) is 0 Å². The summed E-state index contributed by atoms with van der Waals surface area (Å²) in [5.74, 6) is 1.32. The summed E-state index contributed by atoms with van der Waals surface area (Å²) in [6.07, 6.45) is 0. The van der Waals surface area contributed by atoms with Crippen LogP contribution < -0.4 is 5.32 Å². The van der Waals surface area contributed by atoms with Crippen molar-refractivity contribution in [2.75, 3.05) is 19.6 Å². The molecule has 0 amide bonds. The zero-order valence-electron chi connectivity index (χ0n) is 12.8. The highest BCUT2D eigenvalue weighted by Gasteiger charge is 2.28. The van der Waals surface area contributed by atoms with E-state index < -0.39 is 0 Å². The summed E-state index contributed by atoms with van der Waals surface area (Å²) < 4.78 is 0. The molecule has 2 nitrogen and oxygen atoms in total. The van der Waals surface area contributed by atoms with Gasteiger partial charge in [0.15, 0.2) is 0 Å². The van der Waals surface area contributed by atoms with E-state index in [1.807, 2.05) is 0 Å². The summed E-state index contributed by atoms with van der Waals surface area (Å²) in [5.41, 5.74) is 1.45. The van der Waals surface area contributed by atoms with Crippen LogP contribution in [0.1, 0.15) is 39.2 Å². The number of piperazine rings is 1. The third-order valence-corrected chi connectivity index (χ3v) is 4.30. The molecule has 19 heavy (non-hydrogen) atoms. The molecule has 0 radical (unpaired) electrons. The molecule has 0 bridgehead atoms. The second-order valence-corrected chi connectivity index (χ2v) is 6.39. The van der Waals surface area contributed by atoms with E-state index >= 15 is 0 Å². The van der Waals surface area contributed by atoms with Crippen LogP contribution in [-0.2, 0) is 0 Å². The Labute approximate surface area is 118 Å². The zero-order chi connectivity index (χ0) is 13.8. The first-order chi connectivity index (χ1) is 9.08. The lowest BCUT2D eigenvalue weighted by Gasteiger charge is -2.42. The van der Waals surface area contributed by atoms with Gasteiger partial charge in [0.1, 0.15) is 0 Å². The molecule has 2 rings (SSSR count). The van der Waals surface area contributed by atoms with E-state index in [1.165, 1.54) is 18.7 Å².